The summed E-state index contributed by atoms with van der Waals surface area (Å²) < 4.78 is 12.5. The van der Waals surface area contributed by atoms with E-state index in [1.54, 1.807) is 0 Å². The maximum absolute atomic E-state index is 12.5. The molecular formula is C7H11F. The monoisotopic (exact) mass is 114 g/mol. The van der Waals surface area contributed by atoms with Crippen molar-refractivity contribution in [2.45, 2.75) is 32.4 Å². The van der Waals surface area contributed by atoms with E-state index in [0.717, 1.165) is 24.8 Å². The Morgan fingerprint density at radius 2 is 2.50 bits per heavy atom. The zero-order chi connectivity index (χ0) is 5.98. The van der Waals surface area contributed by atoms with Crippen LogP contribution in [-0.4, -0.2) is 6.17 Å². The predicted octanol–water partition coefficient (Wildman–Crippen LogP) is 2.45. The molecule has 1 heteroatoms. The number of hydrogen-bond donors (Lipinski definition) is 0. The van der Waals surface area contributed by atoms with Crippen LogP contribution in [0.5, 0.6) is 0 Å². The number of allylic oxidation sites excluding steroid dienone is 2. The van der Waals surface area contributed by atoms with Crippen molar-refractivity contribution in [1.82, 2.24) is 0 Å². The van der Waals surface area contributed by atoms with Crippen molar-refractivity contribution in [2.75, 3.05) is 0 Å². The van der Waals surface area contributed by atoms with Gasteiger partial charge >= 0.3 is 0 Å². The third-order valence-electron chi connectivity index (χ3n) is 1.62. The normalized spacial score (nSPS) is 29.8. The molecule has 0 fully saturated rings. The summed E-state index contributed by atoms with van der Waals surface area (Å²) in [6, 6.07) is 0. The molecule has 0 aliphatic heterocycles. The van der Waals surface area contributed by atoms with Crippen LogP contribution in [0.4, 0.5) is 4.39 Å². The van der Waals surface area contributed by atoms with Crippen LogP contribution in [0.3, 0.4) is 0 Å². The number of rotatable bonds is 0. The van der Waals surface area contributed by atoms with E-state index in [1.165, 1.54) is 0 Å². The molecule has 0 saturated carbocycles. The Kier molecular flexibility index (Phi) is 1.66. The summed E-state index contributed by atoms with van der Waals surface area (Å²) in [5.74, 6) is 0. The molecule has 0 bridgehead atoms. The molecule has 1 rings (SSSR count). The summed E-state index contributed by atoms with van der Waals surface area (Å²) >= 11 is 0. The molecule has 0 N–H and O–H groups in total. The van der Waals surface area contributed by atoms with E-state index in [-0.39, 0.29) is 0 Å². The predicted molar refractivity (Wildman–Crippen MR) is 32.5 cm³/mol. The molecule has 0 aromatic heterocycles. The fourth-order valence-corrected chi connectivity index (χ4v) is 0.982. The third kappa shape index (κ3) is 1.09. The zero-order valence-electron chi connectivity index (χ0n) is 5.15. The number of halogens is 1. The Bertz CT molecular complexity index is 105. The van der Waals surface area contributed by atoms with Crippen LogP contribution >= 0.6 is 0 Å². The summed E-state index contributed by atoms with van der Waals surface area (Å²) in [5, 5.41) is 0. The van der Waals surface area contributed by atoms with E-state index in [0.29, 0.717) is 0 Å². The Morgan fingerprint density at radius 1 is 1.75 bits per heavy atom. The molecule has 1 atom stereocenters. The first-order chi connectivity index (χ1) is 3.80. The van der Waals surface area contributed by atoms with E-state index >= 15 is 0 Å². The van der Waals surface area contributed by atoms with Gasteiger partial charge in [0, 0.05) is 0 Å². The Balaban J connectivity index is 2.53. The minimum absolute atomic E-state index is 0.635. The Labute approximate surface area is 49.4 Å². The SMILES string of the molecule is CC1=CCCC[C@@H]1F. The quantitative estimate of drug-likeness (QED) is 0.424. The molecule has 0 unspecified atom stereocenters. The molecule has 0 aromatic rings. The van der Waals surface area contributed by atoms with Crippen molar-refractivity contribution in [3.05, 3.63) is 11.6 Å². The topological polar surface area (TPSA) is 0 Å². The van der Waals surface area contributed by atoms with Crippen molar-refractivity contribution < 1.29 is 4.39 Å². The van der Waals surface area contributed by atoms with Gasteiger partial charge in [0.2, 0.25) is 0 Å². The fourth-order valence-electron chi connectivity index (χ4n) is 0.982. The van der Waals surface area contributed by atoms with E-state index < -0.39 is 6.17 Å². The lowest BCUT2D eigenvalue weighted by atomic mass is 9.99. The highest BCUT2D eigenvalue weighted by Crippen LogP contribution is 2.19. The summed E-state index contributed by atoms with van der Waals surface area (Å²) in [7, 11) is 0. The maximum atomic E-state index is 12.5. The zero-order valence-corrected chi connectivity index (χ0v) is 5.15. The Hall–Kier alpha value is -0.330. The highest BCUT2D eigenvalue weighted by molar-refractivity contribution is 5.07. The van der Waals surface area contributed by atoms with Gasteiger partial charge in [-0.3, -0.25) is 0 Å². The molecule has 0 nitrogen and oxygen atoms in total. The van der Waals surface area contributed by atoms with Gasteiger partial charge in [0.15, 0.2) is 0 Å². The van der Waals surface area contributed by atoms with Crippen LogP contribution in [0.15, 0.2) is 11.6 Å². The minimum atomic E-state index is -0.635. The summed E-state index contributed by atoms with van der Waals surface area (Å²) in [4.78, 5) is 0. The molecule has 0 spiro atoms. The highest BCUT2D eigenvalue weighted by Gasteiger charge is 2.10. The number of hydrogen-bond acceptors (Lipinski definition) is 0. The van der Waals surface area contributed by atoms with Crippen LogP contribution < -0.4 is 0 Å². The van der Waals surface area contributed by atoms with Gasteiger partial charge in [-0.25, -0.2) is 4.39 Å². The van der Waals surface area contributed by atoms with Crippen molar-refractivity contribution in [3.63, 3.8) is 0 Å². The van der Waals surface area contributed by atoms with Gasteiger partial charge in [-0.2, -0.15) is 0 Å². The summed E-state index contributed by atoms with van der Waals surface area (Å²) in [6.07, 6.45) is 4.20. The standard InChI is InChI=1S/C7H11F/c1-6-4-2-3-5-7(6)8/h4,7H,2-3,5H2,1H3/t7-/m0/s1. The molecule has 1 aliphatic rings. The van der Waals surface area contributed by atoms with Crippen molar-refractivity contribution in [2.24, 2.45) is 0 Å². The maximum Gasteiger partial charge on any atom is 0.121 e. The molecule has 0 aromatic carbocycles. The van der Waals surface area contributed by atoms with Gasteiger partial charge in [-0.15, -0.1) is 0 Å². The van der Waals surface area contributed by atoms with Crippen molar-refractivity contribution >= 4 is 0 Å². The lowest BCUT2D eigenvalue weighted by molar-refractivity contribution is 0.342. The van der Waals surface area contributed by atoms with Crippen LogP contribution in [0.2, 0.25) is 0 Å². The fraction of sp³-hybridized carbons (Fsp3) is 0.714. The summed E-state index contributed by atoms with van der Waals surface area (Å²) in [5.41, 5.74) is 0.927. The molecule has 8 heavy (non-hydrogen) atoms. The van der Waals surface area contributed by atoms with Crippen LogP contribution in [0.25, 0.3) is 0 Å². The van der Waals surface area contributed by atoms with Crippen LogP contribution in [-0.2, 0) is 0 Å². The second-order valence-corrected chi connectivity index (χ2v) is 2.35. The van der Waals surface area contributed by atoms with Gasteiger partial charge in [-0.1, -0.05) is 6.08 Å². The summed E-state index contributed by atoms with van der Waals surface area (Å²) in [6.45, 7) is 1.86. The lowest BCUT2D eigenvalue weighted by Gasteiger charge is -2.12. The molecular weight excluding hydrogens is 103 g/mol. The van der Waals surface area contributed by atoms with Crippen LogP contribution in [0, 0.1) is 0 Å². The first-order valence-corrected chi connectivity index (χ1v) is 3.11. The number of alkyl halides is 1. The van der Waals surface area contributed by atoms with E-state index in [2.05, 4.69) is 0 Å². The van der Waals surface area contributed by atoms with Crippen molar-refractivity contribution in [1.29, 1.82) is 0 Å². The van der Waals surface area contributed by atoms with Gasteiger partial charge in [-0.05, 0) is 31.8 Å². The average Bonchev–Trinajstić information content (AvgIpc) is 1.77. The Morgan fingerprint density at radius 3 is 2.88 bits per heavy atom. The van der Waals surface area contributed by atoms with Crippen molar-refractivity contribution in [3.8, 4) is 0 Å². The first-order valence-electron chi connectivity index (χ1n) is 3.11. The average molecular weight is 114 g/mol. The van der Waals surface area contributed by atoms with E-state index in [4.69, 9.17) is 0 Å². The lowest BCUT2D eigenvalue weighted by Crippen LogP contribution is -2.05. The van der Waals surface area contributed by atoms with E-state index in [1.807, 2.05) is 13.0 Å². The van der Waals surface area contributed by atoms with Gasteiger partial charge in [0.25, 0.3) is 0 Å². The highest BCUT2D eigenvalue weighted by atomic mass is 19.1. The smallest absolute Gasteiger partial charge is 0.121 e. The van der Waals surface area contributed by atoms with Gasteiger partial charge in [0.1, 0.15) is 6.17 Å². The second-order valence-electron chi connectivity index (χ2n) is 2.35. The molecule has 0 saturated heterocycles. The first kappa shape index (κ1) is 5.80. The molecule has 0 heterocycles. The third-order valence-corrected chi connectivity index (χ3v) is 1.62. The largest absolute Gasteiger partial charge is 0.243 e. The second kappa shape index (κ2) is 2.29. The minimum Gasteiger partial charge on any atom is -0.243 e. The molecule has 46 valence electrons. The van der Waals surface area contributed by atoms with Gasteiger partial charge < -0.3 is 0 Å². The molecule has 1 aliphatic carbocycles. The van der Waals surface area contributed by atoms with Gasteiger partial charge in [0.05, 0.1) is 0 Å². The van der Waals surface area contributed by atoms with Crippen LogP contribution in [0.1, 0.15) is 26.2 Å². The molecule has 0 amide bonds. The van der Waals surface area contributed by atoms with E-state index in [9.17, 15) is 4.39 Å². The molecule has 0 radical (unpaired) electrons.